The Hall–Kier alpha value is -2.74. The summed E-state index contributed by atoms with van der Waals surface area (Å²) >= 11 is 5.71. The largest absolute Gasteiger partial charge is 0.378 e. The molecule has 4 heteroatoms. The quantitative estimate of drug-likeness (QED) is 0.184. The molecule has 0 aliphatic carbocycles. The van der Waals surface area contributed by atoms with Gasteiger partial charge in [-0.25, -0.2) is 0 Å². The number of anilines is 2. The second-order valence-electron chi connectivity index (χ2n) is 10.2. The lowest BCUT2D eigenvalue weighted by atomic mass is 9.87. The molecule has 0 unspecified atom stereocenters. The highest BCUT2D eigenvalue weighted by Gasteiger charge is 2.56. The highest BCUT2D eigenvalue weighted by atomic mass is 32.1. The Morgan fingerprint density at radius 3 is 1.27 bits per heavy atom. The standard InChI is InChI=1S/C33H39N2PS/c1-7-36(31-14-10-8-11-15-31,32-16-12-9-13-17-32)26(2)33(37,27-18-22-29(23-19-27)34(3)4)28-20-24-30(25-21-28)35(5)6/h8-26H,7H2,1-6H3/p+1/t26-/m0/s1. The molecular formula is C33H40N2PS+. The van der Waals surface area contributed by atoms with Crippen LogP contribution in [0.15, 0.2) is 109 Å². The van der Waals surface area contributed by atoms with Crippen LogP contribution in [-0.4, -0.2) is 40.0 Å². The number of hydrogen-bond donors (Lipinski definition) is 1. The number of nitrogens with zero attached hydrogens (tertiary/aromatic N) is 2. The Labute approximate surface area is 230 Å². The van der Waals surface area contributed by atoms with Crippen molar-refractivity contribution in [3.63, 3.8) is 0 Å². The molecule has 0 saturated heterocycles. The summed E-state index contributed by atoms with van der Waals surface area (Å²) in [4.78, 5) is 4.30. The monoisotopic (exact) mass is 527 g/mol. The van der Waals surface area contributed by atoms with Gasteiger partial charge in [-0.2, -0.15) is 12.6 Å². The van der Waals surface area contributed by atoms with Gasteiger partial charge in [-0.05, 0) is 73.5 Å². The van der Waals surface area contributed by atoms with E-state index in [1.54, 1.807) is 0 Å². The summed E-state index contributed by atoms with van der Waals surface area (Å²) in [5.41, 5.74) is 5.08. The lowest BCUT2D eigenvalue weighted by Crippen LogP contribution is -2.43. The molecule has 1 atom stereocenters. The average Bonchev–Trinajstić information content (AvgIpc) is 2.94. The smallest absolute Gasteiger partial charge is 0.0996 e. The van der Waals surface area contributed by atoms with Crippen molar-refractivity contribution in [1.29, 1.82) is 0 Å². The van der Waals surface area contributed by atoms with Crippen molar-refractivity contribution >= 4 is 41.9 Å². The van der Waals surface area contributed by atoms with Crippen molar-refractivity contribution in [3.8, 4) is 0 Å². The lowest BCUT2D eigenvalue weighted by molar-refractivity contribution is 0.722. The predicted octanol–water partition coefficient (Wildman–Crippen LogP) is 7.07. The van der Waals surface area contributed by atoms with Gasteiger partial charge >= 0.3 is 0 Å². The van der Waals surface area contributed by atoms with Gasteiger partial charge in [0.25, 0.3) is 0 Å². The average molecular weight is 528 g/mol. The molecule has 0 aliphatic heterocycles. The van der Waals surface area contributed by atoms with E-state index in [1.807, 2.05) is 0 Å². The van der Waals surface area contributed by atoms with Crippen molar-refractivity contribution < 1.29 is 0 Å². The molecule has 0 radical (unpaired) electrons. The second kappa shape index (κ2) is 11.3. The van der Waals surface area contributed by atoms with Gasteiger partial charge in [-0.15, -0.1) is 0 Å². The minimum Gasteiger partial charge on any atom is -0.378 e. The zero-order valence-electron chi connectivity index (χ0n) is 23.0. The maximum Gasteiger partial charge on any atom is 0.0996 e. The summed E-state index contributed by atoms with van der Waals surface area (Å²) in [6, 6.07) is 40.3. The highest BCUT2D eigenvalue weighted by Crippen LogP contribution is 2.67. The van der Waals surface area contributed by atoms with E-state index in [1.165, 1.54) is 33.1 Å². The third-order valence-corrected chi connectivity index (χ3v) is 14.1. The Bertz CT molecular complexity index is 1180. The normalized spacial score (nSPS) is 12.7. The fourth-order valence-corrected chi connectivity index (χ4v) is 11.3. The van der Waals surface area contributed by atoms with Gasteiger partial charge in [0.2, 0.25) is 0 Å². The number of hydrogen-bond acceptors (Lipinski definition) is 3. The van der Waals surface area contributed by atoms with Crippen LogP contribution >= 0.6 is 19.9 Å². The molecule has 192 valence electrons. The van der Waals surface area contributed by atoms with Crippen molar-refractivity contribution in [2.75, 3.05) is 44.2 Å². The van der Waals surface area contributed by atoms with Gasteiger partial charge in [0.15, 0.2) is 0 Å². The first-order chi connectivity index (χ1) is 17.7. The van der Waals surface area contributed by atoms with Gasteiger partial charge in [0.05, 0.1) is 34.4 Å². The Kier molecular flexibility index (Phi) is 8.36. The van der Waals surface area contributed by atoms with E-state index >= 15 is 0 Å². The Morgan fingerprint density at radius 2 is 0.973 bits per heavy atom. The van der Waals surface area contributed by atoms with Crippen LogP contribution in [0.1, 0.15) is 25.0 Å². The summed E-state index contributed by atoms with van der Waals surface area (Å²) in [5, 5.41) is 2.87. The third kappa shape index (κ3) is 5.05. The summed E-state index contributed by atoms with van der Waals surface area (Å²) in [6.45, 7) is 4.80. The van der Waals surface area contributed by atoms with Crippen LogP contribution in [0.2, 0.25) is 0 Å². The first kappa shape index (κ1) is 27.3. The molecule has 4 aromatic rings. The number of rotatable bonds is 9. The van der Waals surface area contributed by atoms with Gasteiger partial charge in [-0.1, -0.05) is 60.7 Å². The van der Waals surface area contributed by atoms with E-state index in [0.717, 1.165) is 6.16 Å². The SMILES string of the molecule is CC[P+](c1ccccc1)(c1ccccc1)[C@@H](C)C(S)(c1ccc(N(C)C)cc1)c1ccc(N(C)C)cc1. The fraction of sp³-hybridized carbons (Fsp3) is 0.273. The van der Waals surface area contributed by atoms with Crippen molar-refractivity contribution in [3.05, 3.63) is 120 Å². The van der Waals surface area contributed by atoms with E-state index in [0.29, 0.717) is 0 Å². The van der Waals surface area contributed by atoms with Crippen LogP contribution in [0, 0.1) is 0 Å². The van der Waals surface area contributed by atoms with E-state index < -0.39 is 12.0 Å². The molecule has 0 aromatic heterocycles. The summed E-state index contributed by atoms with van der Waals surface area (Å²) in [7, 11) is 6.46. The van der Waals surface area contributed by atoms with Crippen molar-refractivity contribution in [2.24, 2.45) is 0 Å². The van der Waals surface area contributed by atoms with Gasteiger partial charge in [-0.3, -0.25) is 0 Å². The van der Waals surface area contributed by atoms with Crippen LogP contribution < -0.4 is 20.4 Å². The Morgan fingerprint density at radius 1 is 0.622 bits per heavy atom. The van der Waals surface area contributed by atoms with E-state index in [4.69, 9.17) is 12.6 Å². The molecule has 0 aliphatic rings. The van der Waals surface area contributed by atoms with Crippen molar-refractivity contribution in [2.45, 2.75) is 24.3 Å². The molecule has 0 spiro atoms. The van der Waals surface area contributed by atoms with E-state index in [9.17, 15) is 0 Å². The zero-order chi connectivity index (χ0) is 26.6. The summed E-state index contributed by atoms with van der Waals surface area (Å²) in [5.74, 6) is 0. The minimum atomic E-state index is -1.88. The first-order valence-corrected chi connectivity index (χ1v) is 15.5. The molecule has 0 fully saturated rings. The van der Waals surface area contributed by atoms with E-state index in [-0.39, 0.29) is 5.66 Å². The highest BCUT2D eigenvalue weighted by molar-refractivity contribution is 7.91. The van der Waals surface area contributed by atoms with Crippen LogP contribution in [-0.2, 0) is 4.75 Å². The first-order valence-electron chi connectivity index (χ1n) is 13.0. The molecule has 2 nitrogen and oxygen atoms in total. The zero-order valence-corrected chi connectivity index (χ0v) is 24.8. The third-order valence-electron chi connectivity index (χ3n) is 7.85. The lowest BCUT2D eigenvalue weighted by Gasteiger charge is -2.43. The molecule has 0 heterocycles. The molecular weight excluding hydrogens is 487 g/mol. The van der Waals surface area contributed by atoms with Crippen LogP contribution in [0.5, 0.6) is 0 Å². The van der Waals surface area contributed by atoms with Crippen LogP contribution in [0.25, 0.3) is 0 Å². The molecule has 0 amide bonds. The van der Waals surface area contributed by atoms with Crippen LogP contribution in [0.4, 0.5) is 11.4 Å². The van der Waals surface area contributed by atoms with Crippen molar-refractivity contribution in [1.82, 2.24) is 0 Å². The van der Waals surface area contributed by atoms with Gasteiger partial charge < -0.3 is 9.80 Å². The van der Waals surface area contributed by atoms with E-state index in [2.05, 4.69) is 161 Å². The van der Waals surface area contributed by atoms with Gasteiger partial charge in [0, 0.05) is 39.6 Å². The maximum atomic E-state index is 5.71. The molecule has 4 aromatic carbocycles. The van der Waals surface area contributed by atoms with Crippen LogP contribution in [0.3, 0.4) is 0 Å². The molecule has 4 rings (SSSR count). The maximum absolute atomic E-state index is 5.71. The molecule has 0 bridgehead atoms. The topological polar surface area (TPSA) is 6.48 Å². The molecule has 0 N–H and O–H groups in total. The number of benzene rings is 4. The summed E-state index contributed by atoms with van der Waals surface area (Å²) in [6.07, 6.45) is 1.07. The predicted molar refractivity (Wildman–Crippen MR) is 170 cm³/mol. The minimum absolute atomic E-state index is 0.230. The second-order valence-corrected chi connectivity index (χ2v) is 15.1. The fourth-order valence-electron chi connectivity index (χ4n) is 5.62. The Balaban J connectivity index is 1.99. The molecule has 0 saturated carbocycles. The summed E-state index contributed by atoms with van der Waals surface area (Å²) < 4.78 is -0.495. The van der Waals surface area contributed by atoms with Gasteiger partial charge in [0.1, 0.15) is 0 Å². The molecule has 37 heavy (non-hydrogen) atoms. The number of thiol groups is 1.